The van der Waals surface area contributed by atoms with E-state index >= 15 is 0 Å². The van der Waals surface area contributed by atoms with Crippen molar-refractivity contribution in [1.29, 1.82) is 0 Å². The lowest BCUT2D eigenvalue weighted by Gasteiger charge is -2.23. The number of hydrogen-bond acceptors (Lipinski definition) is 4. The van der Waals surface area contributed by atoms with E-state index in [0.29, 0.717) is 26.3 Å². The maximum Gasteiger partial charge on any atom is 0.193 e. The van der Waals surface area contributed by atoms with Crippen molar-refractivity contribution in [2.75, 3.05) is 41.5 Å². The molecule has 7 heteroatoms. The standard InChI is InChI=1S/C21H29N3O3.HI/c1-22-21(24(2)16-18-9-5-6-11-20(18)26-4)23-15-17-8-7-10-19(14-17)27-13-12-25-3;/h5-11,14H,12-13,15-16H2,1-4H3,(H,22,23);1H. The number of benzene rings is 2. The predicted molar refractivity (Wildman–Crippen MR) is 124 cm³/mol. The summed E-state index contributed by atoms with van der Waals surface area (Å²) in [7, 11) is 7.14. The van der Waals surface area contributed by atoms with Gasteiger partial charge in [0.05, 0.1) is 13.7 Å². The fraction of sp³-hybridized carbons (Fsp3) is 0.381. The van der Waals surface area contributed by atoms with Gasteiger partial charge in [-0.2, -0.15) is 0 Å². The summed E-state index contributed by atoms with van der Waals surface area (Å²) < 4.78 is 16.1. The molecule has 0 atom stereocenters. The number of methoxy groups -OCH3 is 2. The molecule has 0 aliphatic carbocycles. The Morgan fingerprint density at radius 3 is 2.57 bits per heavy atom. The molecule has 0 fully saturated rings. The third-order valence-electron chi connectivity index (χ3n) is 4.08. The average Bonchev–Trinajstić information content (AvgIpc) is 2.69. The lowest BCUT2D eigenvalue weighted by Crippen LogP contribution is -2.38. The van der Waals surface area contributed by atoms with Crippen LogP contribution in [0.2, 0.25) is 0 Å². The average molecular weight is 499 g/mol. The Morgan fingerprint density at radius 1 is 1.07 bits per heavy atom. The maximum absolute atomic E-state index is 5.66. The molecule has 2 rings (SSSR count). The Bertz CT molecular complexity index is 740. The number of rotatable bonds is 9. The highest BCUT2D eigenvalue weighted by atomic mass is 127. The first-order chi connectivity index (χ1) is 13.2. The molecule has 1 N–H and O–H groups in total. The van der Waals surface area contributed by atoms with Gasteiger partial charge >= 0.3 is 0 Å². The minimum absolute atomic E-state index is 0. The molecule has 0 aliphatic rings. The van der Waals surface area contributed by atoms with Gasteiger partial charge in [-0.25, -0.2) is 0 Å². The summed E-state index contributed by atoms with van der Waals surface area (Å²) in [6, 6.07) is 16.0. The number of halogens is 1. The van der Waals surface area contributed by atoms with Crippen LogP contribution in [0.3, 0.4) is 0 Å². The second-order valence-electron chi connectivity index (χ2n) is 6.06. The van der Waals surface area contributed by atoms with Crippen molar-refractivity contribution in [2.24, 2.45) is 4.99 Å². The molecule has 0 bridgehead atoms. The number of ether oxygens (including phenoxy) is 3. The summed E-state index contributed by atoms with van der Waals surface area (Å²) in [5.74, 6) is 2.52. The van der Waals surface area contributed by atoms with Crippen LogP contribution in [0.15, 0.2) is 53.5 Å². The van der Waals surface area contributed by atoms with E-state index in [-0.39, 0.29) is 24.0 Å². The van der Waals surface area contributed by atoms with Crippen molar-refractivity contribution < 1.29 is 14.2 Å². The number of hydrogen-bond donors (Lipinski definition) is 1. The third-order valence-corrected chi connectivity index (χ3v) is 4.08. The number of aliphatic imine (C=N–C) groups is 1. The van der Waals surface area contributed by atoms with Crippen LogP contribution in [-0.4, -0.2) is 52.4 Å². The zero-order valence-electron chi connectivity index (χ0n) is 17.0. The minimum Gasteiger partial charge on any atom is -0.496 e. The van der Waals surface area contributed by atoms with Crippen LogP contribution < -0.4 is 14.8 Å². The second kappa shape index (κ2) is 13.2. The van der Waals surface area contributed by atoms with Gasteiger partial charge in [0.1, 0.15) is 18.1 Å². The molecule has 0 radical (unpaired) electrons. The SMILES string of the molecule is CN=C(NCc1cccc(OCCOC)c1)N(C)Cc1ccccc1OC.I. The van der Waals surface area contributed by atoms with E-state index in [2.05, 4.69) is 27.3 Å². The van der Waals surface area contributed by atoms with E-state index in [9.17, 15) is 0 Å². The molecule has 2 aromatic carbocycles. The summed E-state index contributed by atoms with van der Waals surface area (Å²) in [6.45, 7) is 2.47. The van der Waals surface area contributed by atoms with Crippen LogP contribution in [-0.2, 0) is 17.8 Å². The molecule has 0 aliphatic heterocycles. The van der Waals surface area contributed by atoms with Crippen LogP contribution >= 0.6 is 24.0 Å². The zero-order chi connectivity index (χ0) is 19.5. The lowest BCUT2D eigenvalue weighted by atomic mass is 10.2. The first-order valence-electron chi connectivity index (χ1n) is 8.92. The van der Waals surface area contributed by atoms with Crippen molar-refractivity contribution in [3.05, 3.63) is 59.7 Å². The second-order valence-corrected chi connectivity index (χ2v) is 6.06. The van der Waals surface area contributed by atoms with Crippen LogP contribution in [0.5, 0.6) is 11.5 Å². The predicted octanol–water partition coefficient (Wildman–Crippen LogP) is 3.55. The van der Waals surface area contributed by atoms with Gasteiger partial charge in [-0.1, -0.05) is 30.3 Å². The number of nitrogens with one attached hydrogen (secondary N) is 1. The third kappa shape index (κ3) is 7.55. The molecule has 0 amide bonds. The van der Waals surface area contributed by atoms with Gasteiger partial charge in [-0.05, 0) is 23.8 Å². The molecule has 0 unspecified atom stereocenters. The Hall–Kier alpha value is -2.00. The number of para-hydroxylation sites is 1. The van der Waals surface area contributed by atoms with Crippen LogP contribution in [0.25, 0.3) is 0 Å². The van der Waals surface area contributed by atoms with Crippen LogP contribution in [0.4, 0.5) is 0 Å². The molecular formula is C21H30IN3O3. The van der Waals surface area contributed by atoms with Crippen molar-refractivity contribution in [3.63, 3.8) is 0 Å². The maximum atomic E-state index is 5.66. The van der Waals surface area contributed by atoms with E-state index in [0.717, 1.165) is 28.6 Å². The van der Waals surface area contributed by atoms with Gasteiger partial charge in [0.15, 0.2) is 5.96 Å². The molecule has 0 heterocycles. The first kappa shape index (κ1) is 24.0. The fourth-order valence-corrected chi connectivity index (χ4v) is 2.72. The van der Waals surface area contributed by atoms with Gasteiger partial charge in [0.2, 0.25) is 0 Å². The topological polar surface area (TPSA) is 55.3 Å². The van der Waals surface area contributed by atoms with E-state index in [1.54, 1.807) is 21.3 Å². The van der Waals surface area contributed by atoms with Gasteiger partial charge in [-0.3, -0.25) is 4.99 Å². The molecule has 2 aromatic rings. The largest absolute Gasteiger partial charge is 0.496 e. The van der Waals surface area contributed by atoms with E-state index in [4.69, 9.17) is 14.2 Å². The normalized spacial score (nSPS) is 10.8. The van der Waals surface area contributed by atoms with Gasteiger partial charge < -0.3 is 24.4 Å². The van der Waals surface area contributed by atoms with Crippen molar-refractivity contribution >= 4 is 29.9 Å². The number of guanidine groups is 1. The van der Waals surface area contributed by atoms with E-state index < -0.39 is 0 Å². The first-order valence-corrected chi connectivity index (χ1v) is 8.92. The summed E-state index contributed by atoms with van der Waals surface area (Å²) in [5.41, 5.74) is 2.23. The summed E-state index contributed by atoms with van der Waals surface area (Å²) >= 11 is 0. The zero-order valence-corrected chi connectivity index (χ0v) is 19.3. The molecular weight excluding hydrogens is 469 g/mol. The monoisotopic (exact) mass is 499 g/mol. The Balaban J connectivity index is 0.00000392. The molecule has 154 valence electrons. The lowest BCUT2D eigenvalue weighted by molar-refractivity contribution is 0.146. The quantitative estimate of drug-likeness (QED) is 0.248. The van der Waals surface area contributed by atoms with E-state index in [1.807, 2.05) is 43.4 Å². The van der Waals surface area contributed by atoms with Gasteiger partial charge in [0.25, 0.3) is 0 Å². The molecule has 0 aromatic heterocycles. The Morgan fingerprint density at radius 2 is 1.86 bits per heavy atom. The highest BCUT2D eigenvalue weighted by Gasteiger charge is 2.10. The fourth-order valence-electron chi connectivity index (χ4n) is 2.72. The van der Waals surface area contributed by atoms with Crippen molar-refractivity contribution in [3.8, 4) is 11.5 Å². The number of nitrogens with zero attached hydrogens (tertiary/aromatic N) is 2. The smallest absolute Gasteiger partial charge is 0.193 e. The Labute approximate surface area is 184 Å². The molecule has 6 nitrogen and oxygen atoms in total. The minimum atomic E-state index is 0. The van der Waals surface area contributed by atoms with Crippen molar-refractivity contribution in [2.45, 2.75) is 13.1 Å². The molecule has 28 heavy (non-hydrogen) atoms. The molecule has 0 spiro atoms. The summed E-state index contributed by atoms with van der Waals surface area (Å²) in [4.78, 5) is 6.45. The molecule has 0 saturated heterocycles. The summed E-state index contributed by atoms with van der Waals surface area (Å²) in [5, 5.41) is 3.39. The highest BCUT2D eigenvalue weighted by Crippen LogP contribution is 2.19. The van der Waals surface area contributed by atoms with Gasteiger partial charge in [0, 0.05) is 39.9 Å². The van der Waals surface area contributed by atoms with Crippen molar-refractivity contribution in [1.82, 2.24) is 10.2 Å². The Kier molecular flexibility index (Phi) is 11.4. The highest BCUT2D eigenvalue weighted by molar-refractivity contribution is 14.0. The van der Waals surface area contributed by atoms with E-state index in [1.165, 1.54) is 0 Å². The summed E-state index contributed by atoms with van der Waals surface area (Å²) in [6.07, 6.45) is 0. The van der Waals surface area contributed by atoms with Gasteiger partial charge in [-0.15, -0.1) is 24.0 Å². The van der Waals surface area contributed by atoms with Crippen LogP contribution in [0, 0.1) is 0 Å². The van der Waals surface area contributed by atoms with Crippen LogP contribution in [0.1, 0.15) is 11.1 Å². The molecule has 0 saturated carbocycles.